The van der Waals surface area contributed by atoms with Gasteiger partial charge in [0.05, 0.1) is 12.5 Å². The molecule has 58 valence electrons. The number of methoxy groups -OCH3 is 2. The summed E-state index contributed by atoms with van der Waals surface area (Å²) >= 11 is 0. The molecule has 0 N–H and O–H groups in total. The summed E-state index contributed by atoms with van der Waals surface area (Å²) in [6, 6.07) is 2.01. The van der Waals surface area contributed by atoms with E-state index in [0.29, 0.717) is 6.42 Å². The van der Waals surface area contributed by atoms with Gasteiger partial charge in [0, 0.05) is 14.2 Å². The van der Waals surface area contributed by atoms with Crippen molar-refractivity contribution >= 4 is 0 Å². The molecule has 0 heterocycles. The van der Waals surface area contributed by atoms with E-state index in [4.69, 9.17) is 14.7 Å². The van der Waals surface area contributed by atoms with Gasteiger partial charge in [-0.3, -0.25) is 0 Å². The summed E-state index contributed by atoms with van der Waals surface area (Å²) < 4.78 is 10.1. The summed E-state index contributed by atoms with van der Waals surface area (Å²) in [6.45, 7) is 1.92. The van der Waals surface area contributed by atoms with Gasteiger partial charge in [0.1, 0.15) is 0 Å². The Hall–Kier alpha value is -0.590. The first-order valence-corrected chi connectivity index (χ1v) is 3.22. The van der Waals surface area contributed by atoms with Crippen molar-refractivity contribution in [2.45, 2.75) is 25.6 Å². The minimum Gasteiger partial charge on any atom is -0.352 e. The maximum absolute atomic E-state index is 8.39. The van der Waals surface area contributed by atoms with Crippen molar-refractivity contribution in [1.29, 1.82) is 5.26 Å². The van der Waals surface area contributed by atoms with E-state index in [-0.39, 0.29) is 6.42 Å². The van der Waals surface area contributed by atoms with Gasteiger partial charge in [0.15, 0.2) is 5.79 Å². The zero-order valence-corrected chi connectivity index (χ0v) is 6.68. The molecule has 0 unspecified atom stereocenters. The molecule has 0 saturated carbocycles. The van der Waals surface area contributed by atoms with Gasteiger partial charge in [-0.05, 0) is 6.42 Å². The van der Waals surface area contributed by atoms with Crippen LogP contribution in [-0.2, 0) is 9.47 Å². The van der Waals surface area contributed by atoms with Crippen LogP contribution in [0.2, 0.25) is 0 Å². The fraction of sp³-hybridized carbons (Fsp3) is 0.857. The fourth-order valence-electron chi connectivity index (χ4n) is 0.762. The molecule has 0 aromatic carbocycles. The highest BCUT2D eigenvalue weighted by Gasteiger charge is 2.26. The van der Waals surface area contributed by atoms with Crippen LogP contribution in [0.4, 0.5) is 0 Å². The Morgan fingerprint density at radius 2 is 1.90 bits per heavy atom. The molecule has 0 bridgehead atoms. The topological polar surface area (TPSA) is 42.2 Å². The number of nitrogens with zero attached hydrogens (tertiary/aromatic N) is 1. The maximum atomic E-state index is 8.39. The molecule has 0 aliphatic carbocycles. The first-order valence-electron chi connectivity index (χ1n) is 3.22. The number of hydrogen-bond donors (Lipinski definition) is 0. The Kier molecular flexibility index (Phi) is 4.01. The molecule has 0 radical (unpaired) electrons. The van der Waals surface area contributed by atoms with Crippen LogP contribution >= 0.6 is 0 Å². The minimum absolute atomic E-state index is 0.274. The second-order valence-corrected chi connectivity index (χ2v) is 2.01. The zero-order chi connectivity index (χ0) is 8.04. The van der Waals surface area contributed by atoms with E-state index < -0.39 is 5.79 Å². The number of rotatable bonds is 4. The summed E-state index contributed by atoms with van der Waals surface area (Å²) in [5.41, 5.74) is 0. The number of ether oxygens (including phenoxy) is 2. The second-order valence-electron chi connectivity index (χ2n) is 2.01. The van der Waals surface area contributed by atoms with Gasteiger partial charge in [-0.25, -0.2) is 0 Å². The SMILES string of the molecule is CCC(CC#N)(OC)OC. The van der Waals surface area contributed by atoms with E-state index >= 15 is 0 Å². The third-order valence-corrected chi connectivity index (χ3v) is 1.63. The average Bonchev–Trinajstić information content (AvgIpc) is 2.01. The summed E-state index contributed by atoms with van der Waals surface area (Å²) in [6.07, 6.45) is 0.962. The van der Waals surface area contributed by atoms with Gasteiger partial charge in [-0.15, -0.1) is 0 Å². The summed E-state index contributed by atoms with van der Waals surface area (Å²) in [5, 5.41) is 8.39. The van der Waals surface area contributed by atoms with E-state index in [1.165, 1.54) is 0 Å². The van der Waals surface area contributed by atoms with Crippen LogP contribution in [0, 0.1) is 11.3 Å². The number of nitriles is 1. The zero-order valence-electron chi connectivity index (χ0n) is 6.68. The molecule has 3 nitrogen and oxygen atoms in total. The van der Waals surface area contributed by atoms with Gasteiger partial charge in [0.25, 0.3) is 0 Å². The van der Waals surface area contributed by atoms with Crippen molar-refractivity contribution in [1.82, 2.24) is 0 Å². The Bertz CT molecular complexity index is 116. The Balaban J connectivity index is 4.04. The van der Waals surface area contributed by atoms with Crippen molar-refractivity contribution in [2.24, 2.45) is 0 Å². The van der Waals surface area contributed by atoms with Crippen LogP contribution < -0.4 is 0 Å². The fourth-order valence-corrected chi connectivity index (χ4v) is 0.762. The van der Waals surface area contributed by atoms with Crippen molar-refractivity contribution in [3.8, 4) is 6.07 Å². The first-order chi connectivity index (χ1) is 4.74. The average molecular weight is 143 g/mol. The van der Waals surface area contributed by atoms with E-state index in [1.807, 2.05) is 13.0 Å². The Labute approximate surface area is 61.5 Å². The molecule has 10 heavy (non-hydrogen) atoms. The molecule has 0 atom stereocenters. The molecule has 0 rings (SSSR count). The van der Waals surface area contributed by atoms with E-state index in [1.54, 1.807) is 14.2 Å². The van der Waals surface area contributed by atoms with Crippen LogP contribution in [0.25, 0.3) is 0 Å². The molecule has 0 saturated heterocycles. The van der Waals surface area contributed by atoms with Gasteiger partial charge >= 0.3 is 0 Å². The molecule has 0 fully saturated rings. The normalized spacial score (nSPS) is 11.0. The van der Waals surface area contributed by atoms with Crippen molar-refractivity contribution in [2.75, 3.05) is 14.2 Å². The van der Waals surface area contributed by atoms with Gasteiger partial charge in [0.2, 0.25) is 0 Å². The highest BCUT2D eigenvalue weighted by atomic mass is 16.7. The quantitative estimate of drug-likeness (QED) is 0.557. The van der Waals surface area contributed by atoms with Crippen molar-refractivity contribution in [3.63, 3.8) is 0 Å². The van der Waals surface area contributed by atoms with Crippen molar-refractivity contribution < 1.29 is 9.47 Å². The first kappa shape index (κ1) is 9.41. The summed E-state index contributed by atoms with van der Waals surface area (Å²) in [4.78, 5) is 0. The Morgan fingerprint density at radius 3 is 2.00 bits per heavy atom. The van der Waals surface area contributed by atoms with Crippen LogP contribution in [0.3, 0.4) is 0 Å². The maximum Gasteiger partial charge on any atom is 0.180 e. The predicted molar refractivity (Wildman–Crippen MR) is 37.3 cm³/mol. The lowest BCUT2D eigenvalue weighted by Crippen LogP contribution is -2.32. The summed E-state index contributed by atoms with van der Waals surface area (Å²) in [7, 11) is 3.09. The lowest BCUT2D eigenvalue weighted by Gasteiger charge is -2.26. The van der Waals surface area contributed by atoms with E-state index in [9.17, 15) is 0 Å². The molecule has 0 spiro atoms. The molecule has 0 aromatic rings. The lowest BCUT2D eigenvalue weighted by molar-refractivity contribution is -0.204. The molecule has 0 aliphatic rings. The minimum atomic E-state index is -0.686. The van der Waals surface area contributed by atoms with Gasteiger partial charge in [-0.2, -0.15) is 5.26 Å². The van der Waals surface area contributed by atoms with Crippen LogP contribution in [-0.4, -0.2) is 20.0 Å². The molecule has 0 amide bonds. The molecular weight excluding hydrogens is 130 g/mol. The highest BCUT2D eigenvalue weighted by Crippen LogP contribution is 2.19. The van der Waals surface area contributed by atoms with Gasteiger partial charge < -0.3 is 9.47 Å². The molecular formula is C7H13NO2. The van der Waals surface area contributed by atoms with E-state index in [2.05, 4.69) is 0 Å². The van der Waals surface area contributed by atoms with Crippen LogP contribution in [0.1, 0.15) is 19.8 Å². The smallest absolute Gasteiger partial charge is 0.180 e. The van der Waals surface area contributed by atoms with Gasteiger partial charge in [-0.1, -0.05) is 6.92 Å². The van der Waals surface area contributed by atoms with Crippen LogP contribution in [0.15, 0.2) is 0 Å². The predicted octanol–water partition coefficient (Wildman–Crippen LogP) is 1.30. The standard InChI is InChI=1S/C7H13NO2/c1-4-7(9-2,10-3)5-6-8/h4-5H2,1-3H3. The monoisotopic (exact) mass is 143 g/mol. The highest BCUT2D eigenvalue weighted by molar-refractivity contribution is 4.81. The lowest BCUT2D eigenvalue weighted by atomic mass is 10.1. The van der Waals surface area contributed by atoms with Crippen LogP contribution in [0.5, 0.6) is 0 Å². The molecule has 3 heteroatoms. The third-order valence-electron chi connectivity index (χ3n) is 1.63. The largest absolute Gasteiger partial charge is 0.352 e. The Morgan fingerprint density at radius 1 is 1.40 bits per heavy atom. The number of hydrogen-bond acceptors (Lipinski definition) is 3. The molecule has 0 aromatic heterocycles. The molecule has 0 aliphatic heterocycles. The van der Waals surface area contributed by atoms with E-state index in [0.717, 1.165) is 0 Å². The van der Waals surface area contributed by atoms with Crippen molar-refractivity contribution in [3.05, 3.63) is 0 Å². The second kappa shape index (κ2) is 4.26. The third kappa shape index (κ3) is 1.98. The summed E-state index contributed by atoms with van der Waals surface area (Å²) in [5.74, 6) is -0.686.